The first-order valence-electron chi connectivity index (χ1n) is 5.19. The lowest BCUT2D eigenvalue weighted by Gasteiger charge is -2.10. The molecule has 1 N–H and O–H groups in total. The first-order valence-corrected chi connectivity index (χ1v) is 8.42. The lowest BCUT2D eigenvalue weighted by atomic mass is 10.2. The minimum atomic E-state index is -0.352. The molecule has 6 heteroatoms. The summed E-state index contributed by atoms with van der Waals surface area (Å²) in [5.74, 6) is -0.591. The van der Waals surface area contributed by atoms with Gasteiger partial charge >= 0.3 is 0 Å². The third kappa shape index (κ3) is 4.00. The molecule has 0 spiro atoms. The quantitative estimate of drug-likeness (QED) is 0.495. The Hall–Kier alpha value is 0.0300. The van der Waals surface area contributed by atoms with Crippen LogP contribution in [-0.4, -0.2) is 5.91 Å². The Morgan fingerprint density at radius 3 is 2.05 bits per heavy atom. The fourth-order valence-corrected chi connectivity index (χ4v) is 5.30. The summed E-state index contributed by atoms with van der Waals surface area (Å²) in [6.45, 7) is 0. The van der Waals surface area contributed by atoms with Crippen molar-refractivity contribution in [2.75, 3.05) is 5.32 Å². The summed E-state index contributed by atoms with van der Waals surface area (Å²) >= 11 is 6.60. The van der Waals surface area contributed by atoms with Crippen molar-refractivity contribution in [2.24, 2.45) is 0 Å². The molecule has 0 fully saturated rings. The molecular weight excluding hydrogens is 586 g/mol. The number of amides is 1. The van der Waals surface area contributed by atoms with Crippen LogP contribution >= 0.6 is 67.8 Å². The Bertz CT molecular complexity index is 605. The Balaban J connectivity index is 2.26. The molecule has 0 atom stereocenters. The van der Waals surface area contributed by atoms with Crippen LogP contribution in [0.25, 0.3) is 0 Å². The van der Waals surface area contributed by atoms with Crippen molar-refractivity contribution < 1.29 is 9.18 Å². The molecule has 2 nitrogen and oxygen atoms in total. The van der Waals surface area contributed by atoms with Crippen molar-refractivity contribution in [1.29, 1.82) is 0 Å². The molecule has 0 aliphatic heterocycles. The molecule has 19 heavy (non-hydrogen) atoms. The summed E-state index contributed by atoms with van der Waals surface area (Å²) in [4.78, 5) is 12.1. The predicted octanol–water partition coefficient (Wildman–Crippen LogP) is 4.89. The lowest BCUT2D eigenvalue weighted by molar-refractivity contribution is 0.102. The molecule has 0 saturated carbocycles. The highest BCUT2D eigenvalue weighted by molar-refractivity contribution is 14.1. The maximum absolute atomic E-state index is 12.8. The molecule has 2 aromatic rings. The van der Waals surface area contributed by atoms with Gasteiger partial charge in [-0.05, 0) is 104 Å². The number of halogens is 4. The van der Waals surface area contributed by atoms with E-state index in [2.05, 4.69) is 73.1 Å². The Morgan fingerprint density at radius 2 is 1.53 bits per heavy atom. The molecule has 2 rings (SSSR count). The van der Waals surface area contributed by atoms with E-state index in [0.29, 0.717) is 5.56 Å². The largest absolute Gasteiger partial charge is 0.320 e. The van der Waals surface area contributed by atoms with Gasteiger partial charge in [0, 0.05) is 16.3 Å². The fraction of sp³-hybridized carbons (Fsp3) is 0. The average Bonchev–Trinajstić information content (AvgIpc) is 2.34. The molecule has 1 amide bonds. The number of hydrogen-bond acceptors (Lipinski definition) is 1. The molecule has 2 aromatic carbocycles. The van der Waals surface area contributed by atoms with Crippen molar-refractivity contribution in [3.05, 3.63) is 58.5 Å². The van der Waals surface area contributed by atoms with Crippen LogP contribution in [0.15, 0.2) is 36.4 Å². The molecule has 0 aliphatic rings. The number of hydrogen-bond donors (Lipinski definition) is 1. The number of nitrogens with one attached hydrogen (secondary N) is 1. The van der Waals surface area contributed by atoms with Gasteiger partial charge in [0.05, 0.1) is 5.69 Å². The van der Waals surface area contributed by atoms with E-state index < -0.39 is 0 Å². The van der Waals surface area contributed by atoms with Gasteiger partial charge in [0.25, 0.3) is 5.91 Å². The molecule has 0 bridgehead atoms. The average molecular weight is 593 g/mol. The number of rotatable bonds is 2. The van der Waals surface area contributed by atoms with E-state index in [4.69, 9.17) is 0 Å². The molecule has 0 unspecified atom stereocenters. The zero-order valence-electron chi connectivity index (χ0n) is 9.38. The zero-order chi connectivity index (χ0) is 14.0. The SMILES string of the molecule is O=C(Nc1c(I)cc(I)cc1I)c1ccc(F)cc1. The van der Waals surface area contributed by atoms with E-state index in [9.17, 15) is 9.18 Å². The van der Waals surface area contributed by atoms with Crippen molar-refractivity contribution >= 4 is 79.4 Å². The van der Waals surface area contributed by atoms with Gasteiger partial charge in [0.15, 0.2) is 0 Å². The van der Waals surface area contributed by atoms with Crippen LogP contribution < -0.4 is 5.32 Å². The maximum Gasteiger partial charge on any atom is 0.255 e. The van der Waals surface area contributed by atoms with Crippen LogP contribution in [0.1, 0.15) is 10.4 Å². The summed E-state index contributed by atoms with van der Waals surface area (Å²) in [6, 6.07) is 9.47. The summed E-state index contributed by atoms with van der Waals surface area (Å²) in [5, 5.41) is 2.86. The van der Waals surface area contributed by atoms with Crippen molar-refractivity contribution in [3.63, 3.8) is 0 Å². The van der Waals surface area contributed by atoms with Crippen molar-refractivity contribution in [3.8, 4) is 0 Å². The predicted molar refractivity (Wildman–Crippen MR) is 98.9 cm³/mol. The molecule has 98 valence electrons. The monoisotopic (exact) mass is 593 g/mol. The van der Waals surface area contributed by atoms with Crippen LogP contribution in [-0.2, 0) is 0 Å². The third-order valence-electron chi connectivity index (χ3n) is 2.35. The number of carbonyl (C=O) groups is 1. The highest BCUT2D eigenvalue weighted by atomic mass is 127. The van der Waals surface area contributed by atoms with Crippen LogP contribution in [0.5, 0.6) is 0 Å². The minimum absolute atomic E-state index is 0.239. The maximum atomic E-state index is 12.8. The smallest absolute Gasteiger partial charge is 0.255 e. The van der Waals surface area contributed by atoms with E-state index in [-0.39, 0.29) is 11.7 Å². The van der Waals surface area contributed by atoms with Gasteiger partial charge in [-0.2, -0.15) is 0 Å². The van der Waals surface area contributed by atoms with Gasteiger partial charge < -0.3 is 5.32 Å². The molecule has 0 saturated heterocycles. The summed E-state index contributed by atoms with van der Waals surface area (Å²) in [7, 11) is 0. The van der Waals surface area contributed by atoms with Gasteiger partial charge in [-0.15, -0.1) is 0 Å². The Kier molecular flexibility index (Phi) is 5.40. The van der Waals surface area contributed by atoms with Gasteiger partial charge in [0.2, 0.25) is 0 Å². The van der Waals surface area contributed by atoms with E-state index in [0.717, 1.165) is 16.4 Å². The second-order valence-corrected chi connectivity index (χ2v) is 7.28. The molecular formula is C13H7FI3NO. The number of anilines is 1. The molecule has 0 heterocycles. The van der Waals surface area contributed by atoms with Crippen LogP contribution in [0.3, 0.4) is 0 Å². The zero-order valence-corrected chi connectivity index (χ0v) is 15.9. The first kappa shape index (κ1) is 15.4. The topological polar surface area (TPSA) is 29.1 Å². The van der Waals surface area contributed by atoms with Crippen LogP contribution in [0, 0.1) is 16.5 Å². The summed E-state index contributed by atoms with van der Waals surface area (Å²) < 4.78 is 15.9. The second-order valence-electron chi connectivity index (χ2n) is 3.71. The van der Waals surface area contributed by atoms with E-state index >= 15 is 0 Å². The van der Waals surface area contributed by atoms with Crippen LogP contribution in [0.2, 0.25) is 0 Å². The lowest BCUT2D eigenvalue weighted by Crippen LogP contribution is -2.14. The number of benzene rings is 2. The second kappa shape index (κ2) is 6.66. The Morgan fingerprint density at radius 1 is 1.00 bits per heavy atom. The summed E-state index contributed by atoms with van der Waals surface area (Å²) in [5.41, 5.74) is 1.22. The Labute approximate surface area is 151 Å². The minimum Gasteiger partial charge on any atom is -0.320 e. The molecule has 0 aliphatic carbocycles. The van der Waals surface area contributed by atoms with Gasteiger partial charge in [-0.1, -0.05) is 0 Å². The van der Waals surface area contributed by atoms with E-state index in [1.165, 1.54) is 24.3 Å². The highest BCUT2D eigenvalue weighted by Crippen LogP contribution is 2.27. The summed E-state index contributed by atoms with van der Waals surface area (Å²) in [6.07, 6.45) is 0. The van der Waals surface area contributed by atoms with Gasteiger partial charge in [0.1, 0.15) is 5.82 Å². The van der Waals surface area contributed by atoms with Gasteiger partial charge in [-0.3, -0.25) is 4.79 Å². The van der Waals surface area contributed by atoms with Gasteiger partial charge in [-0.25, -0.2) is 4.39 Å². The van der Waals surface area contributed by atoms with Crippen molar-refractivity contribution in [1.82, 2.24) is 0 Å². The fourth-order valence-electron chi connectivity index (χ4n) is 1.45. The number of carbonyl (C=O) groups excluding carboxylic acids is 1. The van der Waals surface area contributed by atoms with E-state index in [1.807, 2.05) is 12.1 Å². The van der Waals surface area contributed by atoms with Crippen LogP contribution in [0.4, 0.5) is 10.1 Å². The third-order valence-corrected chi connectivity index (χ3v) is 4.68. The molecule has 0 radical (unpaired) electrons. The molecule has 0 aromatic heterocycles. The standard InChI is InChI=1S/C13H7FI3NO/c14-8-3-1-7(2-4-8)13(19)18-12-10(16)5-9(15)6-11(12)17/h1-6H,(H,18,19). The first-order chi connectivity index (χ1) is 8.97. The van der Waals surface area contributed by atoms with E-state index in [1.54, 1.807) is 0 Å². The van der Waals surface area contributed by atoms with Crippen molar-refractivity contribution in [2.45, 2.75) is 0 Å². The highest BCUT2D eigenvalue weighted by Gasteiger charge is 2.12. The normalized spacial score (nSPS) is 10.3.